The van der Waals surface area contributed by atoms with Crippen molar-refractivity contribution in [3.05, 3.63) is 50.1 Å². The Morgan fingerprint density at radius 2 is 2.05 bits per heavy atom. The quantitative estimate of drug-likeness (QED) is 0.690. The van der Waals surface area contributed by atoms with E-state index in [-0.39, 0.29) is 0 Å². The van der Waals surface area contributed by atoms with Gasteiger partial charge in [-0.05, 0) is 12.1 Å². The van der Waals surface area contributed by atoms with Gasteiger partial charge >= 0.3 is 0 Å². The lowest BCUT2D eigenvalue weighted by Gasteiger charge is -2.09. The zero-order valence-electron chi connectivity index (χ0n) is 9.53. The minimum atomic E-state index is 0.579. The largest absolute Gasteiger partial charge is 0.377 e. The molecule has 3 nitrogen and oxygen atoms in total. The Balaban J connectivity index is 1.81. The average molecular weight is 377 g/mol. The topological polar surface area (TPSA) is 29.3 Å². The van der Waals surface area contributed by atoms with Crippen LogP contribution in [-0.4, -0.2) is 9.38 Å². The molecule has 0 saturated heterocycles. The Kier molecular flexibility index (Phi) is 3.71. The minimum Gasteiger partial charge on any atom is -0.377 e. The molecule has 2 heterocycles. The van der Waals surface area contributed by atoms with Crippen LogP contribution in [0.1, 0.15) is 5.69 Å². The summed E-state index contributed by atoms with van der Waals surface area (Å²) in [5.74, 6) is 0. The molecule has 0 saturated carbocycles. The molecule has 0 aliphatic heterocycles. The van der Waals surface area contributed by atoms with Crippen molar-refractivity contribution in [2.75, 3.05) is 5.32 Å². The van der Waals surface area contributed by atoms with Crippen molar-refractivity contribution < 1.29 is 0 Å². The van der Waals surface area contributed by atoms with E-state index in [9.17, 15) is 0 Å². The Bertz CT molecular complexity index is 686. The maximum Gasteiger partial charge on any atom is 0.193 e. The molecule has 0 amide bonds. The molecule has 7 heteroatoms. The van der Waals surface area contributed by atoms with Crippen molar-refractivity contribution in [1.29, 1.82) is 0 Å². The van der Waals surface area contributed by atoms with Crippen molar-refractivity contribution in [3.8, 4) is 0 Å². The Hall–Kier alpha value is -0.750. The maximum atomic E-state index is 6.16. The molecular weight excluding hydrogens is 369 g/mol. The first-order valence-electron chi connectivity index (χ1n) is 5.43. The van der Waals surface area contributed by atoms with E-state index < -0.39 is 0 Å². The highest BCUT2D eigenvalue weighted by atomic mass is 79.9. The Labute approximate surface area is 132 Å². The number of thiazole rings is 1. The third kappa shape index (κ3) is 2.74. The number of hydrogen-bond acceptors (Lipinski definition) is 3. The number of halogens is 3. The molecule has 0 atom stereocenters. The van der Waals surface area contributed by atoms with Crippen LogP contribution in [0.5, 0.6) is 0 Å². The highest BCUT2D eigenvalue weighted by Gasteiger charge is 2.08. The number of aromatic nitrogens is 2. The highest BCUT2D eigenvalue weighted by Crippen LogP contribution is 2.34. The predicted octanol–water partition coefficient (Wildman–Crippen LogP) is 5.08. The number of imidazole rings is 1. The van der Waals surface area contributed by atoms with E-state index in [1.807, 2.05) is 34.3 Å². The van der Waals surface area contributed by atoms with Gasteiger partial charge in [-0.3, -0.25) is 4.40 Å². The lowest BCUT2D eigenvalue weighted by atomic mass is 10.3. The number of benzene rings is 1. The van der Waals surface area contributed by atoms with E-state index in [1.54, 1.807) is 11.3 Å². The summed E-state index contributed by atoms with van der Waals surface area (Å²) < 4.78 is 2.85. The van der Waals surface area contributed by atoms with E-state index >= 15 is 0 Å². The third-order valence-electron chi connectivity index (χ3n) is 2.60. The molecule has 0 aliphatic rings. The molecule has 0 bridgehead atoms. The minimum absolute atomic E-state index is 0.579. The lowest BCUT2D eigenvalue weighted by Crippen LogP contribution is -2.01. The lowest BCUT2D eigenvalue weighted by molar-refractivity contribution is 1.08. The van der Waals surface area contributed by atoms with Crippen LogP contribution in [0.15, 0.2) is 34.4 Å². The van der Waals surface area contributed by atoms with Gasteiger partial charge < -0.3 is 5.32 Å². The second-order valence-electron chi connectivity index (χ2n) is 3.92. The molecule has 0 aliphatic carbocycles. The van der Waals surface area contributed by atoms with Crippen molar-refractivity contribution in [3.63, 3.8) is 0 Å². The Morgan fingerprint density at radius 1 is 1.32 bits per heavy atom. The highest BCUT2D eigenvalue weighted by molar-refractivity contribution is 9.10. The van der Waals surface area contributed by atoms with Gasteiger partial charge in [0, 0.05) is 22.2 Å². The third-order valence-corrected chi connectivity index (χ3v) is 4.42. The summed E-state index contributed by atoms with van der Waals surface area (Å²) >= 11 is 17.3. The van der Waals surface area contributed by atoms with Gasteiger partial charge in [0.15, 0.2) is 4.96 Å². The van der Waals surface area contributed by atoms with Gasteiger partial charge in [-0.2, -0.15) is 0 Å². The summed E-state index contributed by atoms with van der Waals surface area (Å²) in [7, 11) is 0. The number of fused-ring (bicyclic) bond motifs is 1. The summed E-state index contributed by atoms with van der Waals surface area (Å²) in [4.78, 5) is 5.46. The van der Waals surface area contributed by atoms with Crippen LogP contribution in [0.4, 0.5) is 5.69 Å². The summed E-state index contributed by atoms with van der Waals surface area (Å²) in [6.45, 7) is 0.579. The average Bonchev–Trinajstić information content (AvgIpc) is 2.87. The Morgan fingerprint density at radius 3 is 2.74 bits per heavy atom. The van der Waals surface area contributed by atoms with Gasteiger partial charge in [0.05, 0.1) is 28.0 Å². The first-order chi connectivity index (χ1) is 9.13. The first-order valence-corrected chi connectivity index (χ1v) is 7.86. The van der Waals surface area contributed by atoms with E-state index in [2.05, 4.69) is 26.2 Å². The zero-order chi connectivity index (χ0) is 13.4. The van der Waals surface area contributed by atoms with Crippen molar-refractivity contribution >= 4 is 61.1 Å². The van der Waals surface area contributed by atoms with Crippen LogP contribution in [0.25, 0.3) is 4.96 Å². The second kappa shape index (κ2) is 5.32. The number of anilines is 1. The monoisotopic (exact) mass is 375 g/mol. The SMILES string of the molecule is Clc1cc(Br)cc(Cl)c1NCc1cn2ccsc2n1. The van der Waals surface area contributed by atoms with Crippen molar-refractivity contribution in [2.24, 2.45) is 0 Å². The van der Waals surface area contributed by atoms with E-state index in [4.69, 9.17) is 23.2 Å². The van der Waals surface area contributed by atoms with Crippen molar-refractivity contribution in [2.45, 2.75) is 6.54 Å². The van der Waals surface area contributed by atoms with Crippen LogP contribution in [-0.2, 0) is 6.54 Å². The fourth-order valence-corrected chi connectivity index (χ4v) is 3.81. The molecule has 0 unspecified atom stereocenters. The number of nitrogens with one attached hydrogen (secondary N) is 1. The molecule has 3 aromatic rings. The molecule has 2 aromatic heterocycles. The summed E-state index contributed by atoms with van der Waals surface area (Å²) in [6, 6.07) is 3.61. The van der Waals surface area contributed by atoms with Crippen LogP contribution in [0.3, 0.4) is 0 Å². The predicted molar refractivity (Wildman–Crippen MR) is 84.6 cm³/mol. The molecule has 0 radical (unpaired) electrons. The van der Waals surface area contributed by atoms with E-state index in [1.165, 1.54) is 0 Å². The molecule has 1 N–H and O–H groups in total. The molecule has 0 spiro atoms. The van der Waals surface area contributed by atoms with Gasteiger partial charge in [-0.25, -0.2) is 4.98 Å². The van der Waals surface area contributed by atoms with Crippen molar-refractivity contribution in [1.82, 2.24) is 9.38 Å². The summed E-state index contributed by atoms with van der Waals surface area (Å²) in [6.07, 6.45) is 3.97. The first kappa shape index (κ1) is 13.2. The zero-order valence-corrected chi connectivity index (χ0v) is 13.4. The maximum absolute atomic E-state index is 6.16. The molecule has 0 fully saturated rings. The van der Waals surface area contributed by atoms with Crippen LogP contribution >= 0.6 is 50.5 Å². The standard InChI is InChI=1S/C12H8BrCl2N3S/c13-7-3-9(14)11(10(15)4-7)16-5-8-6-18-1-2-19-12(18)17-8/h1-4,6,16H,5H2. The fourth-order valence-electron chi connectivity index (χ4n) is 1.75. The molecule has 3 rings (SSSR count). The molecule has 98 valence electrons. The van der Waals surface area contributed by atoms with Gasteiger partial charge in [-0.1, -0.05) is 39.1 Å². The molecule has 1 aromatic carbocycles. The fraction of sp³-hybridized carbons (Fsp3) is 0.0833. The number of rotatable bonds is 3. The molecule has 19 heavy (non-hydrogen) atoms. The van der Waals surface area contributed by atoms with Gasteiger partial charge in [0.2, 0.25) is 0 Å². The van der Waals surface area contributed by atoms with Crippen LogP contribution < -0.4 is 5.32 Å². The van der Waals surface area contributed by atoms with E-state index in [0.717, 1.165) is 20.8 Å². The number of nitrogens with zero attached hydrogens (tertiary/aromatic N) is 2. The van der Waals surface area contributed by atoms with Gasteiger partial charge in [0.1, 0.15) is 0 Å². The smallest absolute Gasteiger partial charge is 0.193 e. The summed E-state index contributed by atoms with van der Waals surface area (Å²) in [5, 5.41) is 6.39. The van der Waals surface area contributed by atoms with Crippen LogP contribution in [0, 0.1) is 0 Å². The second-order valence-corrected chi connectivity index (χ2v) is 6.53. The van der Waals surface area contributed by atoms with Gasteiger partial charge in [-0.15, -0.1) is 11.3 Å². The summed E-state index contributed by atoms with van der Waals surface area (Å²) in [5.41, 5.74) is 1.67. The van der Waals surface area contributed by atoms with E-state index in [0.29, 0.717) is 16.6 Å². The normalized spacial score (nSPS) is 11.1. The molecular formula is C12H8BrCl2N3S. The van der Waals surface area contributed by atoms with Crippen LogP contribution in [0.2, 0.25) is 10.0 Å². The number of hydrogen-bond donors (Lipinski definition) is 1. The van der Waals surface area contributed by atoms with Gasteiger partial charge in [0.25, 0.3) is 0 Å².